The van der Waals surface area contributed by atoms with E-state index in [1.165, 1.54) is 0 Å². The Hall–Kier alpha value is -1.95. The minimum atomic E-state index is -0.438. The largest absolute Gasteiger partial charge is 0.387 e. The molecule has 1 atom stereocenters. The molecule has 2 aliphatic heterocycles. The summed E-state index contributed by atoms with van der Waals surface area (Å²) in [5.74, 6) is -0.0517. The summed E-state index contributed by atoms with van der Waals surface area (Å²) in [4.78, 5) is 32.0. The summed E-state index contributed by atoms with van der Waals surface area (Å²) in [6, 6.07) is 5.72. The Labute approximate surface area is 136 Å². The molecule has 2 amide bonds. The van der Waals surface area contributed by atoms with Gasteiger partial charge in [-0.15, -0.1) is 0 Å². The zero-order valence-electron chi connectivity index (χ0n) is 13.3. The van der Waals surface area contributed by atoms with Crippen LogP contribution in [0.4, 0.5) is 0 Å². The van der Waals surface area contributed by atoms with Gasteiger partial charge in [0.15, 0.2) is 0 Å². The molecular formula is C17H23N3O3. The fraction of sp³-hybridized carbons (Fsp3) is 0.588. The molecule has 3 heterocycles. The van der Waals surface area contributed by atoms with Gasteiger partial charge < -0.3 is 14.9 Å². The van der Waals surface area contributed by atoms with E-state index in [4.69, 9.17) is 5.11 Å². The lowest BCUT2D eigenvalue weighted by Crippen LogP contribution is -2.55. The van der Waals surface area contributed by atoms with Crippen molar-refractivity contribution in [1.29, 1.82) is 0 Å². The highest BCUT2D eigenvalue weighted by Gasteiger charge is 2.42. The predicted octanol–water partition coefficient (Wildman–Crippen LogP) is 0.805. The van der Waals surface area contributed by atoms with Crippen LogP contribution in [0.1, 0.15) is 31.4 Å². The van der Waals surface area contributed by atoms with E-state index in [0.717, 1.165) is 25.0 Å². The Bertz CT molecular complexity index is 578. The highest BCUT2D eigenvalue weighted by Crippen LogP contribution is 2.39. The molecule has 0 bridgehead atoms. The second-order valence-electron chi connectivity index (χ2n) is 6.65. The fourth-order valence-electron chi connectivity index (χ4n) is 3.79. The van der Waals surface area contributed by atoms with Crippen molar-refractivity contribution in [2.24, 2.45) is 5.41 Å². The summed E-state index contributed by atoms with van der Waals surface area (Å²) in [6.45, 7) is 2.09. The number of hydrogen-bond donors (Lipinski definition) is 1. The topological polar surface area (TPSA) is 73.7 Å². The number of aliphatic hydroxyl groups excluding tert-OH is 1. The molecule has 1 N–H and O–H groups in total. The van der Waals surface area contributed by atoms with Crippen LogP contribution in [0.15, 0.2) is 24.4 Å². The third-order valence-electron chi connectivity index (χ3n) is 4.98. The molecule has 23 heavy (non-hydrogen) atoms. The van der Waals surface area contributed by atoms with Gasteiger partial charge in [-0.1, -0.05) is 6.07 Å². The zero-order chi connectivity index (χ0) is 16.3. The average molecular weight is 317 g/mol. The standard InChI is InChI=1S/C17H23N3O3/c21-11-16(23)19-9-3-6-17(12-19)7-5-15(22)20(13-17)10-14-4-1-2-8-18-14/h1-2,4,8,21H,3,5-7,9-13H2/t17-/m1/s1. The van der Waals surface area contributed by atoms with Crippen molar-refractivity contribution in [1.82, 2.24) is 14.8 Å². The van der Waals surface area contributed by atoms with Crippen LogP contribution in [0.5, 0.6) is 0 Å². The second-order valence-corrected chi connectivity index (χ2v) is 6.65. The van der Waals surface area contributed by atoms with Gasteiger partial charge in [0.1, 0.15) is 6.61 Å². The summed E-state index contributed by atoms with van der Waals surface area (Å²) in [6.07, 6.45) is 5.03. The van der Waals surface area contributed by atoms with Crippen molar-refractivity contribution < 1.29 is 14.7 Å². The molecule has 124 valence electrons. The van der Waals surface area contributed by atoms with Gasteiger partial charge >= 0.3 is 0 Å². The Morgan fingerprint density at radius 3 is 2.91 bits per heavy atom. The summed E-state index contributed by atoms with van der Waals surface area (Å²) >= 11 is 0. The fourth-order valence-corrected chi connectivity index (χ4v) is 3.79. The highest BCUT2D eigenvalue weighted by atomic mass is 16.3. The van der Waals surface area contributed by atoms with E-state index in [1.54, 1.807) is 11.1 Å². The van der Waals surface area contributed by atoms with Crippen molar-refractivity contribution in [2.75, 3.05) is 26.2 Å². The number of pyridine rings is 1. The number of likely N-dealkylation sites (tertiary alicyclic amines) is 2. The number of carbonyl (C=O) groups is 2. The first-order valence-electron chi connectivity index (χ1n) is 8.18. The summed E-state index contributed by atoms with van der Waals surface area (Å²) in [7, 11) is 0. The molecule has 6 heteroatoms. The molecule has 2 saturated heterocycles. The Morgan fingerprint density at radius 1 is 1.30 bits per heavy atom. The quantitative estimate of drug-likeness (QED) is 0.895. The van der Waals surface area contributed by atoms with Crippen molar-refractivity contribution in [3.63, 3.8) is 0 Å². The lowest BCUT2D eigenvalue weighted by Gasteiger charge is -2.48. The van der Waals surface area contributed by atoms with Crippen LogP contribution in [-0.4, -0.2) is 57.9 Å². The lowest BCUT2D eigenvalue weighted by molar-refractivity contribution is -0.145. The maximum atomic E-state index is 12.3. The zero-order valence-corrected chi connectivity index (χ0v) is 13.3. The van der Waals surface area contributed by atoms with Gasteiger partial charge in [-0.2, -0.15) is 0 Å². The molecule has 6 nitrogen and oxygen atoms in total. The van der Waals surface area contributed by atoms with Crippen LogP contribution in [-0.2, 0) is 16.1 Å². The van der Waals surface area contributed by atoms with E-state index in [1.807, 2.05) is 23.1 Å². The number of nitrogens with zero attached hydrogens (tertiary/aromatic N) is 3. The molecule has 0 radical (unpaired) electrons. The first kappa shape index (κ1) is 15.9. The molecule has 0 saturated carbocycles. The molecular weight excluding hydrogens is 294 g/mol. The summed E-state index contributed by atoms with van der Waals surface area (Å²) in [5, 5.41) is 9.10. The van der Waals surface area contributed by atoms with Gasteiger partial charge in [0.05, 0.1) is 12.2 Å². The third kappa shape index (κ3) is 3.52. The monoisotopic (exact) mass is 317 g/mol. The van der Waals surface area contributed by atoms with Crippen LogP contribution in [0.3, 0.4) is 0 Å². The molecule has 3 rings (SSSR count). The Balaban J connectivity index is 1.71. The van der Waals surface area contributed by atoms with E-state index >= 15 is 0 Å². The number of carbonyl (C=O) groups excluding carboxylic acids is 2. The van der Waals surface area contributed by atoms with Crippen molar-refractivity contribution in [2.45, 2.75) is 32.2 Å². The van der Waals surface area contributed by atoms with Gasteiger partial charge in [-0.05, 0) is 31.4 Å². The van der Waals surface area contributed by atoms with Crippen molar-refractivity contribution in [3.05, 3.63) is 30.1 Å². The van der Waals surface area contributed by atoms with E-state index in [2.05, 4.69) is 4.98 Å². The maximum Gasteiger partial charge on any atom is 0.248 e. The van der Waals surface area contributed by atoms with Gasteiger partial charge in [0.2, 0.25) is 11.8 Å². The lowest BCUT2D eigenvalue weighted by atomic mass is 9.73. The van der Waals surface area contributed by atoms with Gasteiger partial charge in [0.25, 0.3) is 0 Å². The van der Waals surface area contributed by atoms with E-state index in [-0.39, 0.29) is 17.2 Å². The maximum absolute atomic E-state index is 12.3. The highest BCUT2D eigenvalue weighted by molar-refractivity contribution is 5.78. The van der Waals surface area contributed by atoms with Crippen LogP contribution >= 0.6 is 0 Å². The average Bonchev–Trinajstić information content (AvgIpc) is 2.59. The van der Waals surface area contributed by atoms with Crippen LogP contribution in [0.25, 0.3) is 0 Å². The predicted molar refractivity (Wildman–Crippen MR) is 84.2 cm³/mol. The van der Waals surface area contributed by atoms with Crippen molar-refractivity contribution >= 4 is 11.8 Å². The van der Waals surface area contributed by atoms with Crippen LogP contribution < -0.4 is 0 Å². The van der Waals surface area contributed by atoms with E-state index in [9.17, 15) is 9.59 Å². The van der Waals surface area contributed by atoms with Gasteiger partial charge in [0, 0.05) is 37.7 Å². The van der Waals surface area contributed by atoms with Gasteiger partial charge in [-0.25, -0.2) is 0 Å². The van der Waals surface area contributed by atoms with Crippen LogP contribution in [0, 0.1) is 5.41 Å². The molecule has 1 aromatic heterocycles. The number of amides is 2. The molecule has 2 aliphatic rings. The smallest absolute Gasteiger partial charge is 0.248 e. The molecule has 2 fully saturated rings. The van der Waals surface area contributed by atoms with E-state index in [0.29, 0.717) is 32.6 Å². The normalized spacial score (nSPS) is 25.0. The number of aromatic nitrogens is 1. The first-order chi connectivity index (χ1) is 11.1. The second kappa shape index (κ2) is 6.66. The number of hydrogen-bond acceptors (Lipinski definition) is 4. The number of piperidine rings is 2. The van der Waals surface area contributed by atoms with Crippen molar-refractivity contribution in [3.8, 4) is 0 Å². The summed E-state index contributed by atoms with van der Waals surface area (Å²) in [5.41, 5.74) is 0.850. The number of rotatable bonds is 3. The Kier molecular flexibility index (Phi) is 4.61. The molecule has 0 aromatic carbocycles. The molecule has 0 aliphatic carbocycles. The van der Waals surface area contributed by atoms with E-state index < -0.39 is 6.61 Å². The third-order valence-corrected chi connectivity index (χ3v) is 4.98. The SMILES string of the molecule is O=C(CO)N1CCC[C@@]2(CCC(=O)N(Cc3ccccn3)C2)C1. The molecule has 0 unspecified atom stereocenters. The first-order valence-corrected chi connectivity index (χ1v) is 8.18. The molecule has 1 spiro atoms. The minimum absolute atomic E-state index is 0.0359. The minimum Gasteiger partial charge on any atom is -0.387 e. The summed E-state index contributed by atoms with van der Waals surface area (Å²) < 4.78 is 0. The van der Waals surface area contributed by atoms with Crippen LogP contribution in [0.2, 0.25) is 0 Å². The Morgan fingerprint density at radius 2 is 2.17 bits per heavy atom. The van der Waals surface area contributed by atoms with Gasteiger partial charge in [-0.3, -0.25) is 14.6 Å². The number of aliphatic hydroxyl groups is 1. The molecule has 1 aromatic rings.